The lowest BCUT2D eigenvalue weighted by molar-refractivity contribution is -0.149. The van der Waals surface area contributed by atoms with Crippen molar-refractivity contribution in [3.05, 3.63) is 35.9 Å². The third-order valence-electron chi connectivity index (χ3n) is 2.73. The van der Waals surface area contributed by atoms with Crippen LogP contribution >= 0.6 is 18.0 Å². The molecule has 0 saturated heterocycles. The van der Waals surface area contributed by atoms with E-state index in [0.29, 0.717) is 6.42 Å². The zero-order valence-electron chi connectivity index (χ0n) is 11.0. The van der Waals surface area contributed by atoms with Crippen LogP contribution in [0.3, 0.4) is 0 Å². The molecule has 0 spiro atoms. The molecule has 0 bridgehead atoms. The van der Waals surface area contributed by atoms with Crippen molar-refractivity contribution in [1.29, 1.82) is 0 Å². The summed E-state index contributed by atoms with van der Waals surface area (Å²) in [4.78, 5) is 11.7. The van der Waals surface area contributed by atoms with Crippen molar-refractivity contribution >= 4 is 23.9 Å². The molecule has 0 fully saturated rings. The van der Waals surface area contributed by atoms with Gasteiger partial charge in [-0.1, -0.05) is 37.3 Å². The minimum absolute atomic E-state index is 0.159. The zero-order chi connectivity index (χ0) is 14.3. The topological polar surface area (TPSA) is 52.6 Å². The van der Waals surface area contributed by atoms with E-state index in [9.17, 15) is 9.36 Å². The molecule has 4 nitrogen and oxygen atoms in total. The first-order chi connectivity index (χ1) is 8.94. The minimum atomic E-state index is -3.08. The second-order valence-corrected chi connectivity index (χ2v) is 7.82. The monoisotopic (exact) mass is 304 g/mol. The molecule has 0 aliphatic heterocycles. The van der Waals surface area contributed by atoms with Gasteiger partial charge in [-0.05, 0) is 23.2 Å². The first kappa shape index (κ1) is 16.2. The molecular formula is C13H18ClO4P. The van der Waals surface area contributed by atoms with Crippen molar-refractivity contribution in [2.24, 2.45) is 5.92 Å². The fraction of sp³-hybridized carbons (Fsp3) is 0.462. The highest BCUT2D eigenvalue weighted by molar-refractivity contribution is 7.85. The van der Waals surface area contributed by atoms with Crippen LogP contribution < -0.4 is 0 Å². The van der Waals surface area contributed by atoms with Crippen molar-refractivity contribution in [3.8, 4) is 0 Å². The van der Waals surface area contributed by atoms with E-state index in [4.69, 9.17) is 16.0 Å². The van der Waals surface area contributed by atoms with Crippen LogP contribution in [0.4, 0.5) is 0 Å². The molecular weight excluding hydrogens is 287 g/mol. The van der Waals surface area contributed by atoms with Crippen LogP contribution in [0.5, 0.6) is 0 Å². The van der Waals surface area contributed by atoms with Crippen LogP contribution in [0, 0.1) is 5.92 Å². The Morgan fingerprint density at radius 2 is 2.00 bits per heavy atom. The van der Waals surface area contributed by atoms with E-state index in [2.05, 4.69) is 4.52 Å². The van der Waals surface area contributed by atoms with Crippen molar-refractivity contribution in [1.82, 2.24) is 0 Å². The summed E-state index contributed by atoms with van der Waals surface area (Å²) in [5, 5.41) is 0. The number of benzene rings is 1. The Kier molecular flexibility index (Phi) is 6.56. The van der Waals surface area contributed by atoms with Gasteiger partial charge >= 0.3 is 5.97 Å². The summed E-state index contributed by atoms with van der Waals surface area (Å²) < 4.78 is 21.3. The number of esters is 1. The summed E-state index contributed by atoms with van der Waals surface area (Å²) in [7, 11) is 1.30. The van der Waals surface area contributed by atoms with Crippen LogP contribution in [0.25, 0.3) is 0 Å². The Morgan fingerprint density at radius 3 is 2.58 bits per heavy atom. The summed E-state index contributed by atoms with van der Waals surface area (Å²) in [6.07, 6.45) is 0.537. The molecule has 1 aromatic rings. The van der Waals surface area contributed by atoms with Crippen LogP contribution in [0.15, 0.2) is 30.3 Å². The van der Waals surface area contributed by atoms with Gasteiger partial charge in [-0.3, -0.25) is 9.36 Å². The summed E-state index contributed by atoms with van der Waals surface area (Å²) in [6, 6.07) is 9.44. The maximum absolute atomic E-state index is 11.7. The average molecular weight is 305 g/mol. The largest absolute Gasteiger partial charge is 0.461 e. The van der Waals surface area contributed by atoms with Gasteiger partial charge in [0, 0.05) is 13.3 Å². The highest BCUT2D eigenvalue weighted by Gasteiger charge is 2.22. The number of ether oxygens (including phenoxy) is 1. The van der Waals surface area contributed by atoms with Crippen LogP contribution in [-0.2, 0) is 25.2 Å². The molecule has 0 heterocycles. The van der Waals surface area contributed by atoms with Crippen LogP contribution in [0.1, 0.15) is 18.9 Å². The lowest BCUT2D eigenvalue weighted by Gasteiger charge is -2.13. The summed E-state index contributed by atoms with van der Waals surface area (Å²) in [6.45, 7) is -1.11. The van der Waals surface area contributed by atoms with Crippen molar-refractivity contribution in [2.75, 3.05) is 13.3 Å². The van der Waals surface area contributed by atoms with Crippen molar-refractivity contribution < 1.29 is 18.6 Å². The third-order valence-corrected chi connectivity index (χ3v) is 4.99. The summed E-state index contributed by atoms with van der Waals surface area (Å²) in [5.41, 5.74) is 0.933. The molecule has 0 N–H and O–H groups in total. The number of rotatable bonds is 7. The molecule has 106 valence electrons. The molecule has 0 radical (unpaired) electrons. The fourth-order valence-corrected chi connectivity index (χ4v) is 2.60. The predicted octanol–water partition coefficient (Wildman–Crippen LogP) is 3.83. The van der Waals surface area contributed by atoms with Gasteiger partial charge < -0.3 is 9.26 Å². The molecule has 0 amide bonds. The predicted molar refractivity (Wildman–Crippen MR) is 75.4 cm³/mol. The SMILES string of the molecule is COP(=O)(Cl)CC[C@H](C)C(=O)OCc1ccccc1. The molecule has 19 heavy (non-hydrogen) atoms. The normalized spacial score (nSPS) is 15.5. The van der Waals surface area contributed by atoms with Gasteiger partial charge in [0.25, 0.3) is 6.72 Å². The molecule has 1 rings (SSSR count). The maximum Gasteiger partial charge on any atom is 0.308 e. The Balaban J connectivity index is 2.35. The number of carbonyl (C=O) groups is 1. The molecule has 2 atom stereocenters. The Labute approximate surface area is 118 Å². The molecule has 0 aromatic heterocycles. The van der Waals surface area contributed by atoms with Gasteiger partial charge in [0.15, 0.2) is 0 Å². The average Bonchev–Trinajstić information content (AvgIpc) is 2.43. The molecule has 1 aromatic carbocycles. The van der Waals surface area contributed by atoms with Gasteiger partial charge in [0.05, 0.1) is 5.92 Å². The number of halogens is 1. The van der Waals surface area contributed by atoms with E-state index in [1.807, 2.05) is 30.3 Å². The Hall–Kier alpha value is -0.830. The summed E-state index contributed by atoms with van der Waals surface area (Å²) in [5.74, 6) is -0.678. The van der Waals surface area contributed by atoms with Crippen molar-refractivity contribution in [3.63, 3.8) is 0 Å². The standard InChI is InChI=1S/C13H18ClO4P/c1-11(8-9-19(14,16)17-2)13(15)18-10-12-6-4-3-5-7-12/h3-7,11H,8-10H2,1-2H3/t11-,19?/m0/s1. The second-order valence-electron chi connectivity index (χ2n) is 4.28. The smallest absolute Gasteiger partial charge is 0.308 e. The van der Waals surface area contributed by atoms with Crippen LogP contribution in [-0.4, -0.2) is 19.2 Å². The molecule has 0 aliphatic rings. The lowest BCUT2D eigenvalue weighted by atomic mass is 10.1. The van der Waals surface area contributed by atoms with Crippen LogP contribution in [0.2, 0.25) is 0 Å². The number of hydrogen-bond acceptors (Lipinski definition) is 4. The van der Waals surface area contributed by atoms with E-state index in [1.54, 1.807) is 6.92 Å². The van der Waals surface area contributed by atoms with Gasteiger partial charge in [0.2, 0.25) is 0 Å². The van der Waals surface area contributed by atoms with E-state index >= 15 is 0 Å². The second kappa shape index (κ2) is 7.68. The highest BCUT2D eigenvalue weighted by atomic mass is 35.7. The maximum atomic E-state index is 11.7. The van der Waals surface area contributed by atoms with E-state index < -0.39 is 6.72 Å². The quantitative estimate of drug-likeness (QED) is 0.567. The fourth-order valence-electron chi connectivity index (χ4n) is 1.43. The van der Waals surface area contributed by atoms with Gasteiger partial charge in [-0.15, -0.1) is 0 Å². The molecule has 0 aliphatic carbocycles. The Bertz CT molecular complexity index is 449. The molecule has 1 unspecified atom stereocenters. The number of carbonyl (C=O) groups excluding carboxylic acids is 1. The highest BCUT2D eigenvalue weighted by Crippen LogP contribution is 2.52. The molecule has 0 saturated carbocycles. The van der Waals surface area contributed by atoms with E-state index in [-0.39, 0.29) is 24.7 Å². The minimum Gasteiger partial charge on any atom is -0.461 e. The van der Waals surface area contributed by atoms with Gasteiger partial charge in [-0.2, -0.15) is 0 Å². The zero-order valence-corrected chi connectivity index (χ0v) is 12.7. The number of hydrogen-bond donors (Lipinski definition) is 0. The van der Waals surface area contributed by atoms with E-state index in [0.717, 1.165) is 5.56 Å². The third kappa shape index (κ3) is 6.24. The molecule has 6 heteroatoms. The first-order valence-corrected chi connectivity index (χ1v) is 8.71. The van der Waals surface area contributed by atoms with Gasteiger partial charge in [-0.25, -0.2) is 0 Å². The Morgan fingerprint density at radius 1 is 1.37 bits per heavy atom. The van der Waals surface area contributed by atoms with Crippen molar-refractivity contribution in [2.45, 2.75) is 20.0 Å². The van der Waals surface area contributed by atoms with E-state index in [1.165, 1.54) is 7.11 Å². The lowest BCUT2D eigenvalue weighted by Crippen LogP contribution is -2.15. The first-order valence-electron chi connectivity index (χ1n) is 5.99. The summed E-state index contributed by atoms with van der Waals surface area (Å²) >= 11 is 5.62. The van der Waals surface area contributed by atoms with Gasteiger partial charge in [0.1, 0.15) is 6.61 Å².